The van der Waals surface area contributed by atoms with Gasteiger partial charge in [-0.2, -0.15) is 0 Å². The molecule has 0 aliphatic heterocycles. The van der Waals surface area contributed by atoms with Crippen LogP contribution < -0.4 is 0 Å². The Bertz CT molecular complexity index is 559. The van der Waals surface area contributed by atoms with Crippen LogP contribution in [0, 0.1) is 0 Å². The second-order valence-corrected chi connectivity index (χ2v) is 4.63. The van der Waals surface area contributed by atoms with E-state index in [0.717, 1.165) is 15.2 Å². The molecule has 0 spiro atoms. The minimum atomic E-state index is -0.612. The summed E-state index contributed by atoms with van der Waals surface area (Å²) in [5.41, 5.74) is 0.842. The third-order valence-corrected chi connectivity index (χ3v) is 3.32. The zero-order valence-corrected chi connectivity index (χ0v) is 10.6. The Kier molecular flexibility index (Phi) is 3.88. The van der Waals surface area contributed by atoms with Crippen LogP contribution >= 0.6 is 11.3 Å². The first-order chi connectivity index (χ1) is 8.74. The normalized spacial score (nSPS) is 11.7. The quantitative estimate of drug-likeness (QED) is 0.398. The van der Waals surface area contributed by atoms with E-state index in [2.05, 4.69) is 10.1 Å². The first-order valence-corrected chi connectivity index (χ1v) is 6.28. The van der Waals surface area contributed by atoms with Crippen molar-refractivity contribution in [3.8, 4) is 0 Å². The highest BCUT2D eigenvalue weighted by molar-refractivity contribution is 7.18. The number of carbonyl (C=O) groups excluding carboxylic acids is 1. The number of benzene rings is 1. The molecular weight excluding hydrogens is 252 g/mol. The van der Waals surface area contributed by atoms with E-state index in [-0.39, 0.29) is 18.7 Å². The Morgan fingerprint density at radius 3 is 2.94 bits per heavy atom. The number of nitrogens with zero attached hydrogens (tertiary/aromatic N) is 2. The Labute approximate surface area is 108 Å². The molecule has 0 aliphatic carbocycles. The zero-order valence-electron chi connectivity index (χ0n) is 9.79. The van der Waals surface area contributed by atoms with Crippen molar-refractivity contribution in [2.45, 2.75) is 13.3 Å². The van der Waals surface area contributed by atoms with Gasteiger partial charge in [0.2, 0.25) is 0 Å². The van der Waals surface area contributed by atoms with E-state index in [1.165, 1.54) is 11.3 Å². The number of thiazole rings is 1. The highest BCUT2D eigenvalue weighted by atomic mass is 32.1. The predicted molar refractivity (Wildman–Crippen MR) is 69.2 cm³/mol. The second kappa shape index (κ2) is 5.59. The van der Waals surface area contributed by atoms with Crippen LogP contribution in [-0.2, 0) is 16.0 Å². The van der Waals surface area contributed by atoms with Crippen LogP contribution in [0.4, 0.5) is 0 Å². The van der Waals surface area contributed by atoms with Crippen molar-refractivity contribution in [1.82, 2.24) is 4.98 Å². The summed E-state index contributed by atoms with van der Waals surface area (Å²) in [6.07, 6.45) is 0.175. The van der Waals surface area contributed by atoms with Gasteiger partial charge < -0.3 is 9.94 Å². The molecule has 0 saturated carbocycles. The lowest BCUT2D eigenvalue weighted by atomic mass is 10.3. The maximum atomic E-state index is 11.5. The summed E-state index contributed by atoms with van der Waals surface area (Å²) in [7, 11) is 0. The molecule has 0 radical (unpaired) electrons. The molecule has 6 heteroatoms. The van der Waals surface area contributed by atoms with Gasteiger partial charge in [0.1, 0.15) is 5.01 Å². The lowest BCUT2D eigenvalue weighted by molar-refractivity contribution is -0.135. The van der Waals surface area contributed by atoms with Gasteiger partial charge in [-0.1, -0.05) is 17.3 Å². The molecule has 0 unspecified atom stereocenters. The van der Waals surface area contributed by atoms with E-state index >= 15 is 0 Å². The Morgan fingerprint density at radius 1 is 1.50 bits per heavy atom. The third-order valence-electron chi connectivity index (χ3n) is 2.29. The highest BCUT2D eigenvalue weighted by Crippen LogP contribution is 2.22. The molecule has 18 heavy (non-hydrogen) atoms. The molecule has 1 aromatic carbocycles. The zero-order chi connectivity index (χ0) is 13.0. The summed E-state index contributed by atoms with van der Waals surface area (Å²) in [5, 5.41) is 12.5. The van der Waals surface area contributed by atoms with E-state index in [4.69, 9.17) is 9.94 Å². The summed E-state index contributed by atoms with van der Waals surface area (Å²) in [6, 6.07) is 7.68. The fraction of sp³-hybridized carbons (Fsp3) is 0.250. The van der Waals surface area contributed by atoms with E-state index in [9.17, 15) is 4.79 Å². The number of oxime groups is 1. The number of hydrogen-bond donors (Lipinski definition) is 1. The number of hydrogen-bond acceptors (Lipinski definition) is 6. The van der Waals surface area contributed by atoms with Crippen molar-refractivity contribution in [1.29, 1.82) is 0 Å². The number of para-hydroxylation sites is 1. The number of ether oxygens (including phenoxy) is 1. The minimum absolute atomic E-state index is 0.0316. The largest absolute Gasteiger partial charge is 0.461 e. The van der Waals surface area contributed by atoms with E-state index < -0.39 is 5.97 Å². The number of rotatable bonds is 4. The molecule has 5 nitrogen and oxygen atoms in total. The Morgan fingerprint density at radius 2 is 2.28 bits per heavy atom. The van der Waals surface area contributed by atoms with Crippen molar-refractivity contribution in [3.63, 3.8) is 0 Å². The molecule has 1 aromatic heterocycles. The summed E-state index contributed by atoms with van der Waals surface area (Å²) in [6.45, 7) is 1.95. The lowest BCUT2D eigenvalue weighted by Crippen LogP contribution is -2.19. The molecule has 1 heterocycles. The standard InChI is InChI=1S/C12H12N2O3S/c1-2-17-12(15)9(14-16)7-11-13-8-5-3-4-6-10(8)18-11/h3-6,16H,2,7H2,1H3. The first-order valence-electron chi connectivity index (χ1n) is 5.47. The monoisotopic (exact) mass is 264 g/mol. The van der Waals surface area contributed by atoms with Gasteiger partial charge in [0.25, 0.3) is 0 Å². The van der Waals surface area contributed by atoms with Gasteiger partial charge in [-0.25, -0.2) is 9.78 Å². The molecule has 2 rings (SSSR count). The Balaban J connectivity index is 2.19. The van der Waals surface area contributed by atoms with Crippen molar-refractivity contribution in [2.75, 3.05) is 6.61 Å². The molecule has 0 aliphatic rings. The average molecular weight is 264 g/mol. The van der Waals surface area contributed by atoms with Gasteiger partial charge in [0.05, 0.1) is 23.2 Å². The van der Waals surface area contributed by atoms with Crippen molar-refractivity contribution < 1.29 is 14.7 Å². The summed E-state index contributed by atoms with van der Waals surface area (Å²) >= 11 is 1.47. The molecule has 0 bridgehead atoms. The van der Waals surface area contributed by atoms with Gasteiger partial charge in [0.15, 0.2) is 5.71 Å². The van der Waals surface area contributed by atoms with E-state index in [1.807, 2.05) is 24.3 Å². The van der Waals surface area contributed by atoms with Gasteiger partial charge in [-0.15, -0.1) is 11.3 Å². The topological polar surface area (TPSA) is 71.8 Å². The number of aromatic nitrogens is 1. The molecule has 94 valence electrons. The van der Waals surface area contributed by atoms with Gasteiger partial charge in [-0.05, 0) is 19.1 Å². The smallest absolute Gasteiger partial charge is 0.356 e. The number of esters is 1. The molecule has 0 amide bonds. The molecule has 1 N–H and O–H groups in total. The van der Waals surface area contributed by atoms with Crippen LogP contribution in [0.3, 0.4) is 0 Å². The molecule has 0 fully saturated rings. The second-order valence-electron chi connectivity index (χ2n) is 3.52. The summed E-state index contributed by atoms with van der Waals surface area (Å²) in [4.78, 5) is 15.8. The number of fused-ring (bicyclic) bond motifs is 1. The maximum Gasteiger partial charge on any atom is 0.356 e. The lowest BCUT2D eigenvalue weighted by Gasteiger charge is -2.01. The minimum Gasteiger partial charge on any atom is -0.461 e. The summed E-state index contributed by atoms with van der Waals surface area (Å²) < 4.78 is 5.82. The van der Waals surface area contributed by atoms with Crippen molar-refractivity contribution >= 4 is 33.2 Å². The van der Waals surface area contributed by atoms with E-state index in [0.29, 0.717) is 0 Å². The third kappa shape index (κ3) is 2.65. The van der Waals surface area contributed by atoms with Crippen LogP contribution in [0.25, 0.3) is 10.2 Å². The maximum absolute atomic E-state index is 11.5. The van der Waals surface area contributed by atoms with Crippen molar-refractivity contribution in [2.24, 2.45) is 5.16 Å². The average Bonchev–Trinajstić information content (AvgIpc) is 2.78. The number of carbonyl (C=O) groups is 1. The van der Waals surface area contributed by atoms with Gasteiger partial charge in [-0.3, -0.25) is 0 Å². The predicted octanol–water partition coefficient (Wildman–Crippen LogP) is 2.23. The van der Waals surface area contributed by atoms with E-state index in [1.54, 1.807) is 6.92 Å². The van der Waals surface area contributed by atoms with Crippen LogP contribution in [0.15, 0.2) is 29.4 Å². The fourth-order valence-corrected chi connectivity index (χ4v) is 2.47. The van der Waals surface area contributed by atoms with Crippen LogP contribution in [0.1, 0.15) is 11.9 Å². The van der Waals surface area contributed by atoms with Gasteiger partial charge >= 0.3 is 5.97 Å². The summed E-state index contributed by atoms with van der Waals surface area (Å²) in [5.74, 6) is -0.612. The molecular formula is C12H12N2O3S. The van der Waals surface area contributed by atoms with Crippen LogP contribution in [0.5, 0.6) is 0 Å². The molecule has 0 atom stereocenters. The molecule has 0 saturated heterocycles. The van der Waals surface area contributed by atoms with Crippen molar-refractivity contribution in [3.05, 3.63) is 29.3 Å². The highest BCUT2D eigenvalue weighted by Gasteiger charge is 2.16. The first kappa shape index (κ1) is 12.5. The Hall–Kier alpha value is -1.95. The van der Waals surface area contributed by atoms with Crippen LogP contribution in [-0.4, -0.2) is 28.5 Å². The molecule has 2 aromatic rings. The SMILES string of the molecule is CCOC(=O)C(Cc1nc2ccccc2s1)=NO. The fourth-order valence-electron chi connectivity index (χ4n) is 1.50. The van der Waals surface area contributed by atoms with Crippen LogP contribution in [0.2, 0.25) is 0 Å². The van der Waals surface area contributed by atoms with Gasteiger partial charge in [0, 0.05) is 0 Å².